The maximum atomic E-state index is 13.0. The molecule has 2 N–H and O–H groups in total. The normalized spacial score (nSPS) is 18.6. The van der Waals surface area contributed by atoms with Crippen molar-refractivity contribution in [2.75, 3.05) is 18.1 Å². The number of halogens is 2. The standard InChI is InChI=1S/C20H22Cl2N4O3S/c1-12(11-30(27,28)15-7-3-2-6-14(15)23)19-25-18-13(21)10-16(22)24-20(18)26(19)17-8-4-5-9-29-17/h2-3,6-7,10,12,17H,4-5,8-9,11,23H2,1H3/t12-,17?/m1/s1. The Hall–Kier alpha value is -1.87. The molecule has 2 atom stereocenters. The molecule has 0 bridgehead atoms. The minimum Gasteiger partial charge on any atom is -0.398 e. The fraction of sp³-hybridized carbons (Fsp3) is 0.400. The van der Waals surface area contributed by atoms with Gasteiger partial charge in [0.1, 0.15) is 22.7 Å². The molecule has 1 unspecified atom stereocenters. The summed E-state index contributed by atoms with van der Waals surface area (Å²) in [5.41, 5.74) is 7.11. The first kappa shape index (κ1) is 21.4. The van der Waals surface area contributed by atoms with E-state index in [1.807, 2.05) is 11.5 Å². The van der Waals surface area contributed by atoms with Gasteiger partial charge in [0.25, 0.3) is 0 Å². The Labute approximate surface area is 185 Å². The van der Waals surface area contributed by atoms with E-state index in [1.165, 1.54) is 12.1 Å². The van der Waals surface area contributed by atoms with E-state index in [2.05, 4.69) is 9.97 Å². The number of hydrogen-bond donors (Lipinski definition) is 1. The van der Waals surface area contributed by atoms with Gasteiger partial charge < -0.3 is 10.5 Å². The number of aromatic nitrogens is 3. The smallest absolute Gasteiger partial charge is 0.181 e. The maximum Gasteiger partial charge on any atom is 0.181 e. The van der Waals surface area contributed by atoms with Crippen LogP contribution in [0.5, 0.6) is 0 Å². The van der Waals surface area contributed by atoms with Crippen molar-refractivity contribution in [2.45, 2.75) is 43.2 Å². The third-order valence-electron chi connectivity index (χ3n) is 5.21. The number of pyridine rings is 1. The molecule has 1 aliphatic rings. The van der Waals surface area contributed by atoms with Crippen LogP contribution < -0.4 is 5.73 Å². The van der Waals surface area contributed by atoms with Gasteiger partial charge in [-0.05, 0) is 37.5 Å². The van der Waals surface area contributed by atoms with Crippen LogP contribution in [0, 0.1) is 0 Å². The van der Waals surface area contributed by atoms with E-state index in [0.29, 0.717) is 28.6 Å². The number of nitrogens with two attached hydrogens (primary N) is 1. The molecule has 0 spiro atoms. The Morgan fingerprint density at radius 1 is 1.27 bits per heavy atom. The highest BCUT2D eigenvalue weighted by atomic mass is 35.5. The molecule has 0 saturated carbocycles. The number of sulfone groups is 1. The van der Waals surface area contributed by atoms with Crippen molar-refractivity contribution in [3.05, 3.63) is 46.3 Å². The number of nitrogens with zero attached hydrogens (tertiary/aromatic N) is 3. The molecule has 10 heteroatoms. The van der Waals surface area contributed by atoms with Gasteiger partial charge in [-0.15, -0.1) is 0 Å². The van der Waals surface area contributed by atoms with Crippen LogP contribution in [0.2, 0.25) is 10.2 Å². The van der Waals surface area contributed by atoms with Gasteiger partial charge in [0.15, 0.2) is 15.5 Å². The lowest BCUT2D eigenvalue weighted by Crippen LogP contribution is -2.23. The largest absolute Gasteiger partial charge is 0.398 e. The zero-order valence-corrected chi connectivity index (χ0v) is 18.7. The number of fused-ring (bicyclic) bond motifs is 1. The van der Waals surface area contributed by atoms with Crippen LogP contribution in [0.1, 0.15) is 44.2 Å². The fourth-order valence-electron chi connectivity index (χ4n) is 3.83. The van der Waals surface area contributed by atoms with E-state index < -0.39 is 15.8 Å². The number of ether oxygens (including phenoxy) is 1. The van der Waals surface area contributed by atoms with Gasteiger partial charge in [0.05, 0.1) is 21.4 Å². The van der Waals surface area contributed by atoms with Crippen molar-refractivity contribution in [3.8, 4) is 0 Å². The molecular formula is C20H22Cl2N4O3S. The Morgan fingerprint density at radius 2 is 2.03 bits per heavy atom. The van der Waals surface area contributed by atoms with Gasteiger partial charge in [-0.3, -0.25) is 4.57 Å². The lowest BCUT2D eigenvalue weighted by atomic mass is 10.1. The highest BCUT2D eigenvalue weighted by Crippen LogP contribution is 2.35. The predicted molar refractivity (Wildman–Crippen MR) is 118 cm³/mol. The number of nitrogen functional groups attached to an aromatic ring is 1. The Balaban J connectivity index is 1.79. The number of hydrogen-bond acceptors (Lipinski definition) is 6. The van der Waals surface area contributed by atoms with E-state index in [9.17, 15) is 8.42 Å². The van der Waals surface area contributed by atoms with E-state index in [-0.39, 0.29) is 27.7 Å². The van der Waals surface area contributed by atoms with E-state index in [1.54, 1.807) is 18.2 Å². The van der Waals surface area contributed by atoms with E-state index in [4.69, 9.17) is 33.7 Å². The van der Waals surface area contributed by atoms with E-state index >= 15 is 0 Å². The topological polar surface area (TPSA) is 100 Å². The minimum absolute atomic E-state index is 0.118. The van der Waals surface area contributed by atoms with E-state index in [0.717, 1.165) is 19.3 Å². The summed E-state index contributed by atoms with van der Waals surface area (Å²) in [4.78, 5) is 9.20. The number of imidazole rings is 1. The quantitative estimate of drug-likeness (QED) is 0.433. The molecule has 160 valence electrons. The first-order chi connectivity index (χ1) is 14.3. The van der Waals surface area contributed by atoms with Gasteiger partial charge >= 0.3 is 0 Å². The van der Waals surface area contributed by atoms with Crippen LogP contribution in [-0.4, -0.2) is 35.3 Å². The molecule has 30 heavy (non-hydrogen) atoms. The van der Waals surface area contributed by atoms with Crippen LogP contribution in [0.25, 0.3) is 11.2 Å². The second kappa shape index (κ2) is 8.34. The third-order valence-corrected chi connectivity index (χ3v) is 7.67. The number of para-hydroxylation sites is 1. The molecular weight excluding hydrogens is 447 g/mol. The summed E-state index contributed by atoms with van der Waals surface area (Å²) in [6, 6.07) is 7.98. The summed E-state index contributed by atoms with van der Waals surface area (Å²) in [5, 5.41) is 0.608. The molecule has 4 rings (SSSR count). The van der Waals surface area contributed by atoms with Crippen LogP contribution in [0.15, 0.2) is 35.2 Å². The SMILES string of the molecule is C[C@H](CS(=O)(=O)c1ccccc1N)c1nc2c(Cl)cc(Cl)nc2n1C1CCCCO1. The van der Waals surface area contributed by atoms with Crippen molar-refractivity contribution in [2.24, 2.45) is 0 Å². The monoisotopic (exact) mass is 468 g/mol. The van der Waals surface area contributed by atoms with Crippen molar-refractivity contribution >= 4 is 49.9 Å². The van der Waals surface area contributed by atoms with Crippen LogP contribution in [0.3, 0.4) is 0 Å². The highest BCUT2D eigenvalue weighted by Gasteiger charge is 2.30. The highest BCUT2D eigenvalue weighted by molar-refractivity contribution is 7.91. The number of anilines is 1. The molecule has 1 fully saturated rings. The van der Waals surface area contributed by atoms with Crippen molar-refractivity contribution in [1.29, 1.82) is 0 Å². The molecule has 3 aromatic rings. The summed E-state index contributed by atoms with van der Waals surface area (Å²) in [6.07, 6.45) is 2.44. The Morgan fingerprint density at radius 3 is 2.73 bits per heavy atom. The average Bonchev–Trinajstić information content (AvgIpc) is 3.08. The molecule has 0 aliphatic carbocycles. The molecule has 0 amide bonds. The van der Waals surface area contributed by atoms with Gasteiger partial charge in [-0.2, -0.15) is 0 Å². The summed E-state index contributed by atoms with van der Waals surface area (Å²) >= 11 is 12.5. The first-order valence-corrected chi connectivity index (χ1v) is 12.1. The maximum absolute atomic E-state index is 13.0. The van der Waals surface area contributed by atoms with Crippen LogP contribution in [-0.2, 0) is 14.6 Å². The third kappa shape index (κ3) is 4.01. The van der Waals surface area contributed by atoms with Crippen LogP contribution >= 0.6 is 23.2 Å². The van der Waals surface area contributed by atoms with Crippen molar-refractivity contribution in [3.63, 3.8) is 0 Å². The lowest BCUT2D eigenvalue weighted by Gasteiger charge is -2.27. The summed E-state index contributed by atoms with van der Waals surface area (Å²) < 4.78 is 33.9. The molecule has 2 aromatic heterocycles. The van der Waals surface area contributed by atoms with Crippen molar-refractivity contribution < 1.29 is 13.2 Å². The van der Waals surface area contributed by atoms with Gasteiger partial charge in [0, 0.05) is 12.5 Å². The second-order valence-corrected chi connectivity index (χ2v) is 10.3. The summed E-state index contributed by atoms with van der Waals surface area (Å²) in [6.45, 7) is 2.43. The van der Waals surface area contributed by atoms with Gasteiger partial charge in [-0.25, -0.2) is 18.4 Å². The van der Waals surface area contributed by atoms with Crippen molar-refractivity contribution in [1.82, 2.24) is 14.5 Å². The lowest BCUT2D eigenvalue weighted by molar-refractivity contribution is -0.0316. The molecule has 3 heterocycles. The van der Waals surface area contributed by atoms with Crippen LogP contribution in [0.4, 0.5) is 5.69 Å². The molecule has 1 aromatic carbocycles. The zero-order valence-electron chi connectivity index (χ0n) is 16.4. The average molecular weight is 469 g/mol. The Kier molecular flexibility index (Phi) is 5.94. The minimum atomic E-state index is -3.64. The fourth-order valence-corrected chi connectivity index (χ4v) is 6.01. The van der Waals surface area contributed by atoms with Gasteiger partial charge in [-0.1, -0.05) is 42.3 Å². The summed E-state index contributed by atoms with van der Waals surface area (Å²) in [5.74, 6) is -0.0707. The number of rotatable bonds is 5. The molecule has 0 radical (unpaired) electrons. The Bertz CT molecular complexity index is 1190. The second-order valence-electron chi connectivity index (χ2n) is 7.48. The molecule has 1 aliphatic heterocycles. The molecule has 7 nitrogen and oxygen atoms in total. The summed E-state index contributed by atoms with van der Waals surface area (Å²) in [7, 11) is -3.64. The predicted octanol–water partition coefficient (Wildman–Crippen LogP) is 4.60. The molecule has 1 saturated heterocycles. The first-order valence-electron chi connectivity index (χ1n) is 9.70. The number of benzene rings is 1. The van der Waals surface area contributed by atoms with Gasteiger partial charge in [0.2, 0.25) is 0 Å². The zero-order chi connectivity index (χ0) is 21.5.